The van der Waals surface area contributed by atoms with Crippen molar-refractivity contribution in [1.29, 1.82) is 0 Å². The van der Waals surface area contributed by atoms with Gasteiger partial charge in [0.2, 0.25) is 11.9 Å². The van der Waals surface area contributed by atoms with Crippen LogP contribution in [0.5, 0.6) is 0 Å². The Kier molecular flexibility index (Phi) is 4.68. The number of nitrogens with zero attached hydrogens (tertiary/aromatic N) is 5. The van der Waals surface area contributed by atoms with E-state index < -0.39 is 0 Å². The predicted octanol–water partition coefficient (Wildman–Crippen LogP) is 0.685. The van der Waals surface area contributed by atoms with Crippen molar-refractivity contribution in [2.75, 3.05) is 43.7 Å². The molecule has 1 heterocycles. The largest absolute Gasteiger partial charge is 0.347 e. The molecule has 94 valence electrons. The molecule has 0 amide bonds. The molecule has 0 radical (unpaired) electrons. The van der Waals surface area contributed by atoms with Crippen LogP contribution in [-0.2, 0) is 4.79 Å². The molecular weight excluding hydrogens is 238 g/mol. The minimum Gasteiger partial charge on any atom is -0.347 e. The Morgan fingerprint density at radius 3 is 1.88 bits per heavy atom. The predicted molar refractivity (Wildman–Crippen MR) is 69.9 cm³/mol. The average Bonchev–Trinajstić information content (AvgIpc) is 2.25. The summed E-state index contributed by atoms with van der Waals surface area (Å²) in [6, 6.07) is 0. The second kappa shape index (κ2) is 5.81. The number of hydrogen-bond acceptors (Lipinski definition) is 7. The second-order valence-corrected chi connectivity index (χ2v) is 4.94. The van der Waals surface area contributed by atoms with E-state index in [2.05, 4.69) is 15.0 Å². The number of carbonyl (C=O) groups is 1. The Balaban J connectivity index is 2.99. The Morgan fingerprint density at radius 2 is 1.53 bits per heavy atom. The van der Waals surface area contributed by atoms with Crippen molar-refractivity contribution < 1.29 is 4.79 Å². The zero-order valence-corrected chi connectivity index (χ0v) is 11.6. The minimum atomic E-state index is 0.105. The molecule has 1 aromatic rings. The van der Waals surface area contributed by atoms with Crippen molar-refractivity contribution in [3.05, 3.63) is 0 Å². The molecule has 0 unspecified atom stereocenters. The summed E-state index contributed by atoms with van der Waals surface area (Å²) >= 11 is 1.33. The van der Waals surface area contributed by atoms with E-state index in [4.69, 9.17) is 0 Å². The number of thioether (sulfide) groups is 1. The number of carbonyl (C=O) groups excluding carboxylic acids is 1. The number of hydrogen-bond donors (Lipinski definition) is 0. The summed E-state index contributed by atoms with van der Waals surface area (Å²) < 4.78 is 0. The zero-order valence-electron chi connectivity index (χ0n) is 10.8. The van der Waals surface area contributed by atoms with Crippen LogP contribution in [0.3, 0.4) is 0 Å². The van der Waals surface area contributed by atoms with Gasteiger partial charge in [-0.2, -0.15) is 15.0 Å². The van der Waals surface area contributed by atoms with Gasteiger partial charge in [-0.25, -0.2) is 0 Å². The number of aromatic nitrogens is 3. The van der Waals surface area contributed by atoms with Gasteiger partial charge in [-0.15, -0.1) is 0 Å². The number of Topliss-reactive ketones (excluding diaryl/α,β-unsaturated/α-hetero) is 1. The van der Waals surface area contributed by atoms with Gasteiger partial charge in [-0.1, -0.05) is 11.8 Å². The normalized spacial score (nSPS) is 10.2. The van der Waals surface area contributed by atoms with Crippen LogP contribution in [0.1, 0.15) is 6.92 Å². The second-order valence-electron chi connectivity index (χ2n) is 4.00. The lowest BCUT2D eigenvalue weighted by atomic mass is 10.5. The van der Waals surface area contributed by atoms with Gasteiger partial charge in [0, 0.05) is 28.2 Å². The van der Waals surface area contributed by atoms with Gasteiger partial charge in [-0.3, -0.25) is 4.79 Å². The third-order valence-corrected chi connectivity index (χ3v) is 2.79. The molecule has 6 nitrogen and oxygen atoms in total. The first-order chi connectivity index (χ1) is 7.90. The molecular formula is C10H17N5OS. The highest BCUT2D eigenvalue weighted by molar-refractivity contribution is 7.99. The molecule has 0 bridgehead atoms. The molecule has 1 rings (SSSR count). The van der Waals surface area contributed by atoms with Crippen molar-refractivity contribution in [1.82, 2.24) is 15.0 Å². The van der Waals surface area contributed by atoms with Gasteiger partial charge in [0.05, 0.1) is 5.75 Å². The highest BCUT2D eigenvalue weighted by Crippen LogP contribution is 2.18. The lowest BCUT2D eigenvalue weighted by Gasteiger charge is -2.15. The van der Waals surface area contributed by atoms with E-state index in [-0.39, 0.29) is 5.78 Å². The highest BCUT2D eigenvalue weighted by Gasteiger charge is 2.10. The molecule has 1 aromatic heterocycles. The number of anilines is 2. The van der Waals surface area contributed by atoms with Crippen molar-refractivity contribution in [2.45, 2.75) is 12.1 Å². The maximum Gasteiger partial charge on any atom is 0.230 e. The first-order valence-electron chi connectivity index (χ1n) is 5.13. The van der Waals surface area contributed by atoms with Gasteiger partial charge in [0.25, 0.3) is 0 Å². The van der Waals surface area contributed by atoms with Crippen molar-refractivity contribution in [3.8, 4) is 0 Å². The van der Waals surface area contributed by atoms with Gasteiger partial charge in [0.15, 0.2) is 5.16 Å². The van der Waals surface area contributed by atoms with Crippen molar-refractivity contribution in [3.63, 3.8) is 0 Å². The van der Waals surface area contributed by atoms with Crippen LogP contribution < -0.4 is 9.80 Å². The Bertz CT molecular complexity index is 381. The fraction of sp³-hybridized carbons (Fsp3) is 0.600. The van der Waals surface area contributed by atoms with E-state index in [9.17, 15) is 4.79 Å². The number of rotatable bonds is 5. The Morgan fingerprint density at radius 1 is 1.06 bits per heavy atom. The molecule has 7 heteroatoms. The quantitative estimate of drug-likeness (QED) is 0.717. The zero-order chi connectivity index (χ0) is 13.0. The lowest BCUT2D eigenvalue weighted by Crippen LogP contribution is -2.19. The third-order valence-electron chi connectivity index (χ3n) is 1.80. The first-order valence-corrected chi connectivity index (χ1v) is 6.11. The van der Waals surface area contributed by atoms with Crippen LogP contribution in [-0.4, -0.2) is 54.7 Å². The molecule has 0 aliphatic carbocycles. The smallest absolute Gasteiger partial charge is 0.230 e. The van der Waals surface area contributed by atoms with Gasteiger partial charge in [-0.05, 0) is 6.92 Å². The van der Waals surface area contributed by atoms with Gasteiger partial charge in [0.1, 0.15) is 5.78 Å². The molecule has 0 spiro atoms. The molecule has 17 heavy (non-hydrogen) atoms. The minimum absolute atomic E-state index is 0.105. The summed E-state index contributed by atoms with van der Waals surface area (Å²) in [6.07, 6.45) is 0. The van der Waals surface area contributed by atoms with Crippen LogP contribution in [0.25, 0.3) is 0 Å². The fourth-order valence-electron chi connectivity index (χ4n) is 0.966. The summed E-state index contributed by atoms with van der Waals surface area (Å²) in [5.74, 6) is 1.67. The van der Waals surface area contributed by atoms with E-state index >= 15 is 0 Å². The summed E-state index contributed by atoms with van der Waals surface area (Å²) in [6.45, 7) is 1.55. The first kappa shape index (κ1) is 13.7. The highest BCUT2D eigenvalue weighted by atomic mass is 32.2. The molecule has 0 fully saturated rings. The summed E-state index contributed by atoms with van der Waals surface area (Å²) in [7, 11) is 7.48. The monoisotopic (exact) mass is 255 g/mol. The summed E-state index contributed by atoms with van der Waals surface area (Å²) in [4.78, 5) is 27.4. The van der Waals surface area contributed by atoms with Gasteiger partial charge >= 0.3 is 0 Å². The molecule has 0 saturated carbocycles. The van der Waals surface area contributed by atoms with Crippen molar-refractivity contribution in [2.24, 2.45) is 0 Å². The van der Waals surface area contributed by atoms with E-state index in [1.54, 1.807) is 6.92 Å². The standard InChI is InChI=1S/C10H17N5OS/c1-7(16)6-17-10-12-8(14(2)3)11-9(13-10)15(4)5/h6H2,1-5H3. The van der Waals surface area contributed by atoms with Crippen LogP contribution in [0, 0.1) is 0 Å². The topological polar surface area (TPSA) is 62.2 Å². The van der Waals surface area contributed by atoms with Crippen LogP contribution in [0.4, 0.5) is 11.9 Å². The SMILES string of the molecule is CC(=O)CSc1nc(N(C)C)nc(N(C)C)n1. The Labute approximate surface area is 105 Å². The Hall–Kier alpha value is -1.37. The van der Waals surface area contributed by atoms with Crippen LogP contribution in [0.15, 0.2) is 5.16 Å². The maximum absolute atomic E-state index is 10.9. The average molecular weight is 255 g/mol. The van der Waals surface area contributed by atoms with Gasteiger partial charge < -0.3 is 9.80 Å². The molecule has 0 saturated heterocycles. The molecule has 0 aliphatic rings. The molecule has 0 aliphatic heterocycles. The van der Waals surface area contributed by atoms with Crippen LogP contribution in [0.2, 0.25) is 0 Å². The molecule has 0 atom stereocenters. The molecule has 0 aromatic carbocycles. The molecule has 0 N–H and O–H groups in total. The fourth-order valence-corrected chi connectivity index (χ4v) is 1.59. The third kappa shape index (κ3) is 4.18. The summed E-state index contributed by atoms with van der Waals surface area (Å²) in [5, 5.41) is 0.572. The summed E-state index contributed by atoms with van der Waals surface area (Å²) in [5.41, 5.74) is 0. The van der Waals surface area contributed by atoms with E-state index in [0.717, 1.165) is 0 Å². The van der Waals surface area contributed by atoms with E-state index in [1.807, 2.05) is 38.0 Å². The number of ketones is 1. The van der Waals surface area contributed by atoms with Crippen LogP contribution >= 0.6 is 11.8 Å². The van der Waals surface area contributed by atoms with Crippen molar-refractivity contribution >= 4 is 29.4 Å². The van der Waals surface area contributed by atoms with E-state index in [0.29, 0.717) is 22.8 Å². The maximum atomic E-state index is 10.9. The lowest BCUT2D eigenvalue weighted by molar-refractivity contribution is -0.114. The van der Waals surface area contributed by atoms with E-state index in [1.165, 1.54) is 11.8 Å².